The fraction of sp³-hybridized carbons (Fsp3) is 0.231. The first-order valence-electron chi connectivity index (χ1n) is 5.49. The lowest BCUT2D eigenvalue weighted by molar-refractivity contribution is 0.520. The predicted molar refractivity (Wildman–Crippen MR) is 73.6 cm³/mol. The highest BCUT2D eigenvalue weighted by Crippen LogP contribution is 2.23. The summed E-state index contributed by atoms with van der Waals surface area (Å²) in [5.74, 6) is -0.803. The van der Waals surface area contributed by atoms with E-state index in [-0.39, 0.29) is 11.9 Å². The van der Waals surface area contributed by atoms with Crippen LogP contribution in [0.25, 0.3) is 0 Å². The summed E-state index contributed by atoms with van der Waals surface area (Å²) >= 11 is 5.00. The Morgan fingerprint density at radius 1 is 1.28 bits per heavy atom. The van der Waals surface area contributed by atoms with E-state index in [1.165, 1.54) is 6.07 Å². The van der Waals surface area contributed by atoms with E-state index in [2.05, 4.69) is 21.2 Å². The topological polar surface area (TPSA) is 12.0 Å². The summed E-state index contributed by atoms with van der Waals surface area (Å²) in [5, 5.41) is 3.18. The van der Waals surface area contributed by atoms with E-state index in [1.54, 1.807) is 11.3 Å². The normalized spacial score (nSPS) is 12.7. The summed E-state index contributed by atoms with van der Waals surface area (Å²) in [6, 6.07) is 7.25. The first-order valence-corrected chi connectivity index (χ1v) is 7.10. The number of hydrogen-bond acceptors (Lipinski definition) is 2. The van der Waals surface area contributed by atoms with Crippen LogP contribution in [-0.4, -0.2) is 0 Å². The number of thiophene rings is 1. The van der Waals surface area contributed by atoms with E-state index >= 15 is 0 Å². The maximum Gasteiger partial charge on any atom is 0.128 e. The van der Waals surface area contributed by atoms with E-state index in [0.717, 1.165) is 20.8 Å². The molecule has 5 heteroatoms. The monoisotopic (exact) mass is 331 g/mol. The van der Waals surface area contributed by atoms with Gasteiger partial charge in [0.05, 0.1) is 3.79 Å². The van der Waals surface area contributed by atoms with Crippen LogP contribution >= 0.6 is 27.3 Å². The number of nitrogens with one attached hydrogen (secondary N) is 1. The molecule has 1 aromatic heterocycles. The Labute approximate surface area is 117 Å². The zero-order valence-corrected chi connectivity index (χ0v) is 12.1. The van der Waals surface area contributed by atoms with Gasteiger partial charge in [0.25, 0.3) is 0 Å². The van der Waals surface area contributed by atoms with E-state index in [9.17, 15) is 8.78 Å². The van der Waals surface area contributed by atoms with Crippen molar-refractivity contribution in [3.63, 3.8) is 0 Å². The van der Waals surface area contributed by atoms with Gasteiger partial charge in [-0.15, -0.1) is 11.3 Å². The molecular weight excluding hydrogens is 320 g/mol. The Bertz CT molecular complexity index is 542. The number of hydrogen-bond donors (Lipinski definition) is 1. The van der Waals surface area contributed by atoms with Crippen molar-refractivity contribution in [1.29, 1.82) is 0 Å². The average Bonchev–Trinajstić information content (AvgIpc) is 2.75. The lowest BCUT2D eigenvalue weighted by atomic mass is 10.1. The van der Waals surface area contributed by atoms with E-state index < -0.39 is 5.82 Å². The van der Waals surface area contributed by atoms with Crippen molar-refractivity contribution in [3.05, 3.63) is 56.2 Å². The Morgan fingerprint density at radius 2 is 2.06 bits per heavy atom. The smallest absolute Gasteiger partial charge is 0.128 e. The molecule has 0 spiro atoms. The molecule has 2 rings (SSSR count). The first kappa shape index (κ1) is 13.6. The largest absolute Gasteiger partial charge is 0.305 e. The standard InChI is InChI=1S/C13H12BrF2NS/c1-8(11-6-9(15)2-4-12(11)16)17-7-10-3-5-13(14)18-10/h2-6,8,17H,7H2,1H3. The van der Waals surface area contributed by atoms with Gasteiger partial charge in [0.1, 0.15) is 11.6 Å². The molecule has 1 N–H and O–H groups in total. The van der Waals surface area contributed by atoms with Gasteiger partial charge in [0, 0.05) is 23.0 Å². The number of benzene rings is 1. The summed E-state index contributed by atoms with van der Waals surface area (Å²) in [7, 11) is 0. The maximum atomic E-state index is 13.5. The zero-order chi connectivity index (χ0) is 13.1. The zero-order valence-electron chi connectivity index (χ0n) is 9.71. The Kier molecular flexibility index (Phi) is 4.48. The van der Waals surface area contributed by atoms with Crippen LogP contribution in [0.3, 0.4) is 0 Å². The number of rotatable bonds is 4. The molecular formula is C13H12BrF2NS. The second-order valence-corrected chi connectivity index (χ2v) is 6.52. The quantitative estimate of drug-likeness (QED) is 0.860. The van der Waals surface area contributed by atoms with Gasteiger partial charge in [0.2, 0.25) is 0 Å². The molecule has 1 aromatic carbocycles. The predicted octanol–water partition coefficient (Wildman–Crippen LogP) is 4.64. The molecule has 18 heavy (non-hydrogen) atoms. The van der Waals surface area contributed by atoms with Gasteiger partial charge >= 0.3 is 0 Å². The van der Waals surface area contributed by atoms with Gasteiger partial charge in [0.15, 0.2) is 0 Å². The molecule has 96 valence electrons. The third-order valence-electron chi connectivity index (χ3n) is 2.64. The van der Waals surface area contributed by atoms with Crippen LogP contribution in [0.2, 0.25) is 0 Å². The van der Waals surface area contributed by atoms with Crippen molar-refractivity contribution < 1.29 is 8.78 Å². The van der Waals surface area contributed by atoms with Crippen LogP contribution in [0.1, 0.15) is 23.4 Å². The van der Waals surface area contributed by atoms with Gasteiger partial charge in [-0.25, -0.2) is 8.78 Å². The summed E-state index contributed by atoms with van der Waals surface area (Å²) in [6.45, 7) is 2.45. The van der Waals surface area contributed by atoms with Crippen molar-refractivity contribution in [3.8, 4) is 0 Å². The molecule has 0 bridgehead atoms. The lowest BCUT2D eigenvalue weighted by Crippen LogP contribution is -2.18. The molecule has 2 aromatic rings. The highest BCUT2D eigenvalue weighted by Gasteiger charge is 2.11. The molecule has 0 aliphatic heterocycles. The lowest BCUT2D eigenvalue weighted by Gasteiger charge is -2.14. The van der Waals surface area contributed by atoms with Gasteiger partial charge in [-0.3, -0.25) is 0 Å². The Morgan fingerprint density at radius 3 is 2.72 bits per heavy atom. The first-order chi connectivity index (χ1) is 8.56. The highest BCUT2D eigenvalue weighted by molar-refractivity contribution is 9.11. The third kappa shape index (κ3) is 3.37. The van der Waals surface area contributed by atoms with E-state index in [1.807, 2.05) is 19.1 Å². The van der Waals surface area contributed by atoms with Crippen LogP contribution in [0.5, 0.6) is 0 Å². The van der Waals surface area contributed by atoms with Crippen LogP contribution in [0, 0.1) is 11.6 Å². The molecule has 0 saturated carbocycles. The summed E-state index contributed by atoms with van der Waals surface area (Å²) < 4.78 is 27.7. The highest BCUT2D eigenvalue weighted by atomic mass is 79.9. The van der Waals surface area contributed by atoms with Crippen molar-refractivity contribution >= 4 is 27.3 Å². The van der Waals surface area contributed by atoms with Crippen LogP contribution in [0.4, 0.5) is 8.78 Å². The van der Waals surface area contributed by atoms with Crippen molar-refractivity contribution in [2.24, 2.45) is 0 Å². The summed E-state index contributed by atoms with van der Waals surface area (Å²) in [6.07, 6.45) is 0. The van der Waals surface area contributed by atoms with Gasteiger partial charge in [-0.1, -0.05) is 0 Å². The van der Waals surface area contributed by atoms with Crippen LogP contribution in [0.15, 0.2) is 34.1 Å². The Balaban J connectivity index is 2.03. The van der Waals surface area contributed by atoms with Gasteiger partial charge in [-0.05, 0) is 53.2 Å². The fourth-order valence-electron chi connectivity index (χ4n) is 1.66. The molecule has 0 fully saturated rings. The fourth-order valence-corrected chi connectivity index (χ4v) is 3.09. The molecule has 0 amide bonds. The second kappa shape index (κ2) is 5.91. The number of halogens is 3. The Hall–Kier alpha value is -0.780. The molecule has 0 aliphatic rings. The summed E-state index contributed by atoms with van der Waals surface area (Å²) in [4.78, 5) is 1.14. The minimum atomic E-state index is -0.418. The molecule has 1 atom stereocenters. The van der Waals surface area contributed by atoms with Crippen molar-refractivity contribution in [1.82, 2.24) is 5.32 Å². The van der Waals surface area contributed by atoms with Gasteiger partial charge in [-0.2, -0.15) is 0 Å². The molecule has 0 radical (unpaired) electrons. The molecule has 1 heterocycles. The van der Waals surface area contributed by atoms with Crippen molar-refractivity contribution in [2.75, 3.05) is 0 Å². The minimum absolute atomic E-state index is 0.235. The molecule has 0 saturated heterocycles. The van der Waals surface area contributed by atoms with Gasteiger partial charge < -0.3 is 5.32 Å². The third-order valence-corrected chi connectivity index (χ3v) is 4.26. The van der Waals surface area contributed by atoms with Crippen molar-refractivity contribution in [2.45, 2.75) is 19.5 Å². The van der Waals surface area contributed by atoms with E-state index in [4.69, 9.17) is 0 Å². The molecule has 0 aliphatic carbocycles. The average molecular weight is 332 g/mol. The summed E-state index contributed by atoms with van der Waals surface area (Å²) in [5.41, 5.74) is 0.352. The molecule has 1 nitrogen and oxygen atoms in total. The second-order valence-electron chi connectivity index (χ2n) is 3.97. The maximum absolute atomic E-state index is 13.5. The minimum Gasteiger partial charge on any atom is -0.305 e. The van der Waals surface area contributed by atoms with Crippen LogP contribution < -0.4 is 5.32 Å². The van der Waals surface area contributed by atoms with Crippen LogP contribution in [-0.2, 0) is 6.54 Å². The molecule has 1 unspecified atom stereocenters. The van der Waals surface area contributed by atoms with E-state index in [0.29, 0.717) is 12.1 Å². The SMILES string of the molecule is CC(NCc1ccc(Br)s1)c1cc(F)ccc1F.